The van der Waals surface area contributed by atoms with Gasteiger partial charge in [0.15, 0.2) is 0 Å². The molecule has 1 amide bonds. The summed E-state index contributed by atoms with van der Waals surface area (Å²) in [4.78, 5) is 14.7. The monoisotopic (exact) mass is 353 g/mol. The molecule has 2 aromatic rings. The van der Waals surface area contributed by atoms with Crippen molar-refractivity contribution in [1.82, 2.24) is 4.90 Å². The predicted octanol–water partition coefficient (Wildman–Crippen LogP) is 3.41. The number of anilines is 2. The summed E-state index contributed by atoms with van der Waals surface area (Å²) in [5, 5.41) is 5.30. The summed E-state index contributed by atoms with van der Waals surface area (Å²) in [5.41, 5.74) is 7.98. The number of amides is 1. The Balaban J connectivity index is 2.17. The van der Waals surface area contributed by atoms with Gasteiger partial charge in [-0.15, -0.1) is 11.3 Å². The Morgan fingerprint density at radius 2 is 2.15 bits per heavy atom. The molecule has 0 saturated heterocycles. The Labute approximate surface area is 130 Å². The highest BCUT2D eigenvalue weighted by molar-refractivity contribution is 9.10. The Bertz CT molecular complexity index is 625. The molecule has 106 valence electrons. The molecule has 1 aromatic heterocycles. The van der Waals surface area contributed by atoms with Gasteiger partial charge >= 0.3 is 0 Å². The molecule has 0 spiro atoms. The molecule has 0 aliphatic rings. The third-order valence-electron chi connectivity index (χ3n) is 2.84. The number of nitrogens with zero attached hydrogens (tertiary/aromatic N) is 1. The minimum atomic E-state index is -0.0367. The molecule has 0 saturated carbocycles. The molecule has 0 unspecified atom stereocenters. The number of hydrogen-bond acceptors (Lipinski definition) is 4. The minimum Gasteiger partial charge on any atom is -0.397 e. The van der Waals surface area contributed by atoms with E-state index in [-0.39, 0.29) is 5.91 Å². The molecule has 1 heterocycles. The quantitative estimate of drug-likeness (QED) is 0.828. The second kappa shape index (κ2) is 6.28. The largest absolute Gasteiger partial charge is 0.397 e. The van der Waals surface area contributed by atoms with Gasteiger partial charge in [-0.3, -0.25) is 4.79 Å². The van der Waals surface area contributed by atoms with Crippen molar-refractivity contribution in [2.75, 3.05) is 25.1 Å². The van der Waals surface area contributed by atoms with Gasteiger partial charge in [-0.1, -0.05) is 0 Å². The predicted molar refractivity (Wildman–Crippen MR) is 88.2 cm³/mol. The van der Waals surface area contributed by atoms with E-state index in [9.17, 15) is 4.79 Å². The molecule has 2 rings (SSSR count). The fourth-order valence-corrected chi connectivity index (χ4v) is 3.16. The van der Waals surface area contributed by atoms with Gasteiger partial charge in [0.05, 0.1) is 17.9 Å². The Kier molecular flexibility index (Phi) is 4.67. The molecule has 0 aliphatic heterocycles. The molecule has 0 atom stereocenters. The first kappa shape index (κ1) is 14.9. The maximum absolute atomic E-state index is 11.9. The maximum Gasteiger partial charge on any atom is 0.253 e. The van der Waals surface area contributed by atoms with Crippen LogP contribution in [0.15, 0.2) is 34.1 Å². The van der Waals surface area contributed by atoms with Gasteiger partial charge in [-0.05, 0) is 45.6 Å². The van der Waals surface area contributed by atoms with Crippen LogP contribution >= 0.6 is 27.3 Å². The van der Waals surface area contributed by atoms with E-state index in [1.54, 1.807) is 48.5 Å². The number of thiophene rings is 1. The number of nitrogens with two attached hydrogens (primary N) is 1. The van der Waals surface area contributed by atoms with Crippen molar-refractivity contribution in [2.24, 2.45) is 0 Å². The lowest BCUT2D eigenvalue weighted by Crippen LogP contribution is -2.21. The van der Waals surface area contributed by atoms with E-state index >= 15 is 0 Å². The SMILES string of the molecule is CN(C)C(=O)c1ccc(N)c(NCc2sccc2Br)c1. The minimum absolute atomic E-state index is 0.0367. The number of nitrogens with one attached hydrogen (secondary N) is 1. The van der Waals surface area contributed by atoms with Gasteiger partial charge in [0.1, 0.15) is 0 Å². The molecule has 0 aliphatic carbocycles. The Hall–Kier alpha value is -1.53. The summed E-state index contributed by atoms with van der Waals surface area (Å²) in [5.74, 6) is -0.0367. The third kappa shape index (κ3) is 3.32. The van der Waals surface area contributed by atoms with Crippen molar-refractivity contribution in [3.05, 3.63) is 44.6 Å². The Morgan fingerprint density at radius 3 is 2.75 bits per heavy atom. The highest BCUT2D eigenvalue weighted by Crippen LogP contribution is 2.26. The topological polar surface area (TPSA) is 58.4 Å². The first-order chi connectivity index (χ1) is 9.49. The van der Waals surface area contributed by atoms with Crippen LogP contribution in [0.1, 0.15) is 15.2 Å². The van der Waals surface area contributed by atoms with Crippen LogP contribution in [-0.4, -0.2) is 24.9 Å². The van der Waals surface area contributed by atoms with Crippen LogP contribution in [0.2, 0.25) is 0 Å². The van der Waals surface area contributed by atoms with Crippen LogP contribution in [0.25, 0.3) is 0 Å². The van der Waals surface area contributed by atoms with Crippen molar-refractivity contribution in [3.63, 3.8) is 0 Å². The lowest BCUT2D eigenvalue weighted by atomic mass is 10.1. The molecular weight excluding hydrogens is 338 g/mol. The zero-order valence-electron chi connectivity index (χ0n) is 11.3. The highest BCUT2D eigenvalue weighted by atomic mass is 79.9. The van der Waals surface area contributed by atoms with Crippen LogP contribution < -0.4 is 11.1 Å². The van der Waals surface area contributed by atoms with Crippen LogP contribution in [0.3, 0.4) is 0 Å². The summed E-state index contributed by atoms with van der Waals surface area (Å²) < 4.78 is 1.08. The molecular formula is C14H16BrN3OS. The van der Waals surface area contributed by atoms with Gasteiger partial charge in [-0.25, -0.2) is 0 Å². The average molecular weight is 354 g/mol. The number of carbonyl (C=O) groups excluding carboxylic acids is 1. The summed E-state index contributed by atoms with van der Waals surface area (Å²) in [6.45, 7) is 0.669. The Morgan fingerprint density at radius 1 is 1.40 bits per heavy atom. The van der Waals surface area contributed by atoms with Crippen LogP contribution in [0.4, 0.5) is 11.4 Å². The number of halogens is 1. The molecule has 1 aromatic carbocycles. The van der Waals surface area contributed by atoms with E-state index < -0.39 is 0 Å². The van der Waals surface area contributed by atoms with Crippen LogP contribution in [0, 0.1) is 0 Å². The number of nitrogen functional groups attached to an aromatic ring is 1. The normalized spacial score (nSPS) is 10.3. The van der Waals surface area contributed by atoms with Crippen molar-refractivity contribution in [2.45, 2.75) is 6.54 Å². The van der Waals surface area contributed by atoms with E-state index in [2.05, 4.69) is 21.2 Å². The number of hydrogen-bond donors (Lipinski definition) is 2. The molecule has 6 heteroatoms. The first-order valence-corrected chi connectivity index (χ1v) is 7.73. The summed E-state index contributed by atoms with van der Waals surface area (Å²) >= 11 is 5.16. The highest BCUT2D eigenvalue weighted by Gasteiger charge is 2.10. The number of rotatable bonds is 4. The van der Waals surface area contributed by atoms with Gasteiger partial charge in [-0.2, -0.15) is 0 Å². The van der Waals surface area contributed by atoms with Crippen LogP contribution in [-0.2, 0) is 6.54 Å². The number of carbonyl (C=O) groups is 1. The molecule has 0 fully saturated rings. The fraction of sp³-hybridized carbons (Fsp3) is 0.214. The van der Waals surface area contributed by atoms with E-state index in [1.807, 2.05) is 11.4 Å². The van der Waals surface area contributed by atoms with E-state index in [1.165, 1.54) is 4.88 Å². The standard InChI is InChI=1S/C14H16BrN3OS/c1-18(2)14(19)9-3-4-11(16)12(7-9)17-8-13-10(15)5-6-20-13/h3-7,17H,8,16H2,1-2H3. The van der Waals surface area contributed by atoms with Gasteiger partial charge < -0.3 is 16.0 Å². The average Bonchev–Trinajstić information content (AvgIpc) is 2.82. The van der Waals surface area contributed by atoms with Gasteiger partial charge in [0.25, 0.3) is 5.91 Å². The van der Waals surface area contributed by atoms with Crippen molar-refractivity contribution in [1.29, 1.82) is 0 Å². The zero-order chi connectivity index (χ0) is 14.7. The van der Waals surface area contributed by atoms with E-state index in [0.717, 1.165) is 10.2 Å². The lowest BCUT2D eigenvalue weighted by Gasteiger charge is -2.13. The molecule has 0 radical (unpaired) electrons. The van der Waals surface area contributed by atoms with E-state index in [4.69, 9.17) is 5.73 Å². The molecule has 0 bridgehead atoms. The zero-order valence-corrected chi connectivity index (χ0v) is 13.7. The van der Waals surface area contributed by atoms with Crippen molar-refractivity contribution >= 4 is 44.5 Å². The second-order valence-corrected chi connectivity index (χ2v) is 6.40. The lowest BCUT2D eigenvalue weighted by molar-refractivity contribution is 0.0827. The smallest absolute Gasteiger partial charge is 0.253 e. The molecule has 20 heavy (non-hydrogen) atoms. The first-order valence-electron chi connectivity index (χ1n) is 6.06. The third-order valence-corrected chi connectivity index (χ3v) is 4.76. The fourth-order valence-electron chi connectivity index (χ4n) is 1.73. The second-order valence-electron chi connectivity index (χ2n) is 4.55. The molecule has 4 nitrogen and oxygen atoms in total. The summed E-state index contributed by atoms with van der Waals surface area (Å²) in [6.07, 6.45) is 0. The summed E-state index contributed by atoms with van der Waals surface area (Å²) in [6, 6.07) is 7.29. The summed E-state index contributed by atoms with van der Waals surface area (Å²) in [7, 11) is 3.46. The number of benzene rings is 1. The van der Waals surface area contributed by atoms with Crippen molar-refractivity contribution in [3.8, 4) is 0 Å². The van der Waals surface area contributed by atoms with Crippen LogP contribution in [0.5, 0.6) is 0 Å². The maximum atomic E-state index is 11.9. The van der Waals surface area contributed by atoms with E-state index in [0.29, 0.717) is 17.8 Å². The van der Waals surface area contributed by atoms with Gasteiger partial charge in [0.2, 0.25) is 0 Å². The van der Waals surface area contributed by atoms with Gasteiger partial charge in [0, 0.05) is 29.0 Å². The van der Waals surface area contributed by atoms with Crippen molar-refractivity contribution < 1.29 is 4.79 Å². The molecule has 3 N–H and O–H groups in total.